The Bertz CT molecular complexity index is 1390. The summed E-state index contributed by atoms with van der Waals surface area (Å²) >= 11 is 0. The fourth-order valence-electron chi connectivity index (χ4n) is 4.54. The Labute approximate surface area is 211 Å². The molecule has 36 heavy (non-hydrogen) atoms. The summed E-state index contributed by atoms with van der Waals surface area (Å²) in [7, 11) is -3.25. The van der Waals surface area contributed by atoms with E-state index in [-0.39, 0.29) is 28.5 Å². The standard InChI is InChI=1S/C27H29N5O3S/c1-4-36(34,35)23-8-5-19(6-9-23)15-29-26(33)22-7-10-24-21(13-22)11-12-32(25(24)18(2)3)27-30-16-20(14-28)17-31-27/h5-10,13,16-18,25H,4,11-12,15H2,1-3H3,(H,29,33)/t25-/m1/s1. The van der Waals surface area contributed by atoms with Gasteiger partial charge in [0.25, 0.3) is 5.91 Å². The first-order valence-electron chi connectivity index (χ1n) is 11.9. The molecule has 8 nitrogen and oxygen atoms in total. The molecule has 0 radical (unpaired) electrons. The number of fused-ring (bicyclic) bond motifs is 1. The Morgan fingerprint density at radius 2 is 1.86 bits per heavy atom. The lowest BCUT2D eigenvalue weighted by Gasteiger charge is -2.40. The number of anilines is 1. The number of hydrogen-bond acceptors (Lipinski definition) is 7. The largest absolute Gasteiger partial charge is 0.348 e. The average molecular weight is 504 g/mol. The van der Waals surface area contributed by atoms with E-state index in [4.69, 9.17) is 5.26 Å². The maximum Gasteiger partial charge on any atom is 0.251 e. The molecule has 1 aliphatic heterocycles. The quantitative estimate of drug-likeness (QED) is 0.521. The second-order valence-corrected chi connectivity index (χ2v) is 11.4. The Kier molecular flexibility index (Phi) is 7.36. The first-order valence-corrected chi connectivity index (χ1v) is 13.6. The number of nitrogens with one attached hydrogen (secondary N) is 1. The number of amides is 1. The van der Waals surface area contributed by atoms with Crippen LogP contribution in [0.1, 0.15) is 59.4 Å². The van der Waals surface area contributed by atoms with Crippen LogP contribution < -0.4 is 10.2 Å². The molecular formula is C27H29N5O3S. The minimum absolute atomic E-state index is 0.0525. The van der Waals surface area contributed by atoms with Gasteiger partial charge in [-0.05, 0) is 53.3 Å². The van der Waals surface area contributed by atoms with Crippen LogP contribution in [0.2, 0.25) is 0 Å². The highest BCUT2D eigenvalue weighted by Crippen LogP contribution is 2.37. The summed E-state index contributed by atoms with van der Waals surface area (Å²) < 4.78 is 24.0. The Hall–Kier alpha value is -3.77. The van der Waals surface area contributed by atoms with E-state index in [0.717, 1.165) is 23.1 Å². The van der Waals surface area contributed by atoms with Crippen molar-refractivity contribution in [2.75, 3.05) is 17.2 Å². The summed E-state index contributed by atoms with van der Waals surface area (Å²) in [6.45, 7) is 6.92. The molecule has 1 amide bonds. The molecule has 1 aromatic heterocycles. The highest BCUT2D eigenvalue weighted by atomic mass is 32.2. The Balaban J connectivity index is 1.48. The summed E-state index contributed by atoms with van der Waals surface area (Å²) in [6.07, 6.45) is 3.83. The van der Waals surface area contributed by atoms with Crippen LogP contribution >= 0.6 is 0 Å². The minimum atomic E-state index is -3.25. The lowest BCUT2D eigenvalue weighted by Crippen LogP contribution is -2.39. The zero-order chi connectivity index (χ0) is 25.9. The zero-order valence-electron chi connectivity index (χ0n) is 20.6. The van der Waals surface area contributed by atoms with Gasteiger partial charge in [-0.1, -0.05) is 39.0 Å². The van der Waals surface area contributed by atoms with E-state index in [2.05, 4.69) is 34.0 Å². The predicted molar refractivity (Wildman–Crippen MR) is 137 cm³/mol. The molecular weight excluding hydrogens is 474 g/mol. The van der Waals surface area contributed by atoms with Crippen molar-refractivity contribution in [2.45, 2.75) is 44.7 Å². The van der Waals surface area contributed by atoms with Crippen LogP contribution in [0.3, 0.4) is 0 Å². The number of nitriles is 1. The molecule has 0 saturated carbocycles. The summed E-state index contributed by atoms with van der Waals surface area (Å²) in [4.78, 5) is 24.1. The van der Waals surface area contributed by atoms with Crippen LogP contribution in [-0.4, -0.2) is 36.6 Å². The van der Waals surface area contributed by atoms with Crippen molar-refractivity contribution in [3.05, 3.63) is 82.7 Å². The number of carbonyl (C=O) groups excluding carboxylic acids is 1. The molecule has 9 heteroatoms. The third kappa shape index (κ3) is 5.24. The van der Waals surface area contributed by atoms with Gasteiger partial charge in [-0.25, -0.2) is 18.4 Å². The third-order valence-corrected chi connectivity index (χ3v) is 8.20. The maximum absolute atomic E-state index is 12.9. The second-order valence-electron chi connectivity index (χ2n) is 9.16. The van der Waals surface area contributed by atoms with Crippen LogP contribution in [0.4, 0.5) is 5.95 Å². The summed E-state index contributed by atoms with van der Waals surface area (Å²) in [5.74, 6) is 0.750. The first kappa shape index (κ1) is 25.3. The Morgan fingerprint density at radius 1 is 1.17 bits per heavy atom. The van der Waals surface area contributed by atoms with E-state index in [1.165, 1.54) is 0 Å². The summed E-state index contributed by atoms with van der Waals surface area (Å²) in [6, 6.07) is 14.5. The van der Waals surface area contributed by atoms with E-state index in [9.17, 15) is 13.2 Å². The number of sulfone groups is 1. The van der Waals surface area contributed by atoms with Gasteiger partial charge in [0.15, 0.2) is 9.84 Å². The molecule has 4 rings (SSSR count). The van der Waals surface area contributed by atoms with Crippen LogP contribution in [0.25, 0.3) is 0 Å². The third-order valence-electron chi connectivity index (χ3n) is 6.45. The first-order chi connectivity index (χ1) is 17.2. The molecule has 1 atom stereocenters. The summed E-state index contributed by atoms with van der Waals surface area (Å²) in [5.41, 5.74) is 4.11. The maximum atomic E-state index is 12.9. The normalized spacial score (nSPS) is 15.3. The lowest BCUT2D eigenvalue weighted by molar-refractivity contribution is 0.0950. The van der Waals surface area contributed by atoms with Crippen LogP contribution in [0.5, 0.6) is 0 Å². The average Bonchev–Trinajstić information content (AvgIpc) is 2.90. The van der Waals surface area contributed by atoms with Crippen molar-refractivity contribution in [3.8, 4) is 6.07 Å². The molecule has 0 unspecified atom stereocenters. The van der Waals surface area contributed by atoms with Gasteiger partial charge in [0.2, 0.25) is 5.95 Å². The number of carbonyl (C=O) groups is 1. The van der Waals surface area contributed by atoms with Gasteiger partial charge < -0.3 is 10.2 Å². The Morgan fingerprint density at radius 3 is 2.47 bits per heavy atom. The smallest absolute Gasteiger partial charge is 0.251 e. The molecule has 2 heterocycles. The number of rotatable bonds is 7. The van der Waals surface area contributed by atoms with E-state index in [0.29, 0.717) is 30.2 Å². The van der Waals surface area contributed by atoms with E-state index in [1.54, 1.807) is 43.6 Å². The molecule has 0 fully saturated rings. The van der Waals surface area contributed by atoms with E-state index in [1.807, 2.05) is 24.3 Å². The van der Waals surface area contributed by atoms with Gasteiger partial charge in [0.1, 0.15) is 6.07 Å². The van der Waals surface area contributed by atoms with Crippen LogP contribution in [0, 0.1) is 17.2 Å². The van der Waals surface area contributed by atoms with Gasteiger partial charge in [0.05, 0.1) is 34.6 Å². The van der Waals surface area contributed by atoms with Gasteiger partial charge in [-0.3, -0.25) is 4.79 Å². The number of benzene rings is 2. The monoisotopic (exact) mass is 503 g/mol. The molecule has 0 bridgehead atoms. The minimum Gasteiger partial charge on any atom is -0.348 e. The van der Waals surface area contributed by atoms with Crippen LogP contribution in [0.15, 0.2) is 59.8 Å². The molecule has 1 N–H and O–H groups in total. The van der Waals surface area contributed by atoms with Crippen molar-refractivity contribution in [1.82, 2.24) is 15.3 Å². The molecule has 0 saturated heterocycles. The molecule has 3 aromatic rings. The highest BCUT2D eigenvalue weighted by molar-refractivity contribution is 7.91. The van der Waals surface area contributed by atoms with Crippen molar-refractivity contribution in [2.24, 2.45) is 5.92 Å². The topological polar surface area (TPSA) is 116 Å². The van der Waals surface area contributed by atoms with E-state index < -0.39 is 9.84 Å². The lowest BCUT2D eigenvalue weighted by atomic mass is 9.85. The van der Waals surface area contributed by atoms with Gasteiger partial charge >= 0.3 is 0 Å². The van der Waals surface area contributed by atoms with E-state index >= 15 is 0 Å². The number of hydrogen-bond donors (Lipinski definition) is 1. The van der Waals surface area contributed by atoms with Gasteiger partial charge in [-0.15, -0.1) is 0 Å². The molecule has 2 aromatic carbocycles. The number of aromatic nitrogens is 2. The SMILES string of the molecule is CCS(=O)(=O)c1ccc(CNC(=O)c2ccc3c(c2)CCN(c2ncc(C#N)cn2)[C@@H]3C(C)C)cc1. The fourth-order valence-corrected chi connectivity index (χ4v) is 5.42. The highest BCUT2D eigenvalue weighted by Gasteiger charge is 2.31. The van der Waals surface area contributed by atoms with Crippen LogP contribution in [-0.2, 0) is 22.8 Å². The molecule has 1 aliphatic rings. The second kappa shape index (κ2) is 10.5. The summed E-state index contributed by atoms with van der Waals surface area (Å²) in [5, 5.41) is 12.0. The van der Waals surface area contributed by atoms with Crippen molar-refractivity contribution in [1.29, 1.82) is 5.26 Å². The number of nitrogens with zero attached hydrogens (tertiary/aromatic N) is 4. The molecule has 186 valence electrons. The molecule has 0 aliphatic carbocycles. The van der Waals surface area contributed by atoms with Gasteiger partial charge in [-0.2, -0.15) is 5.26 Å². The van der Waals surface area contributed by atoms with Crippen molar-refractivity contribution in [3.63, 3.8) is 0 Å². The van der Waals surface area contributed by atoms with Crippen molar-refractivity contribution >= 4 is 21.7 Å². The van der Waals surface area contributed by atoms with Crippen molar-refractivity contribution < 1.29 is 13.2 Å². The fraction of sp³-hybridized carbons (Fsp3) is 0.333. The predicted octanol–water partition coefficient (Wildman–Crippen LogP) is 3.83. The molecule has 0 spiro atoms. The zero-order valence-corrected chi connectivity index (χ0v) is 21.4. The van der Waals surface area contributed by atoms with Gasteiger partial charge in [0, 0.05) is 18.7 Å².